The Bertz CT molecular complexity index is 406. The van der Waals surface area contributed by atoms with Gasteiger partial charge in [-0.1, -0.05) is 11.6 Å². The normalized spacial score (nSPS) is 10.8. The molecule has 0 atom stereocenters. The molecular formula is C14H24ClN3O2. The van der Waals surface area contributed by atoms with Gasteiger partial charge in [-0.25, -0.2) is 0 Å². The maximum Gasteiger partial charge on any atom is 0.155 e. The summed E-state index contributed by atoms with van der Waals surface area (Å²) < 4.78 is 10.9. The van der Waals surface area contributed by atoms with Crippen LogP contribution in [0.4, 0.5) is 5.82 Å². The Morgan fingerprint density at radius 1 is 0.950 bits per heavy atom. The summed E-state index contributed by atoms with van der Waals surface area (Å²) in [6.45, 7) is 12.2. The van der Waals surface area contributed by atoms with Crippen LogP contribution in [0.3, 0.4) is 0 Å². The van der Waals surface area contributed by atoms with E-state index in [9.17, 15) is 0 Å². The van der Waals surface area contributed by atoms with Crippen molar-refractivity contribution in [1.82, 2.24) is 10.2 Å². The van der Waals surface area contributed by atoms with Gasteiger partial charge in [0, 0.05) is 26.3 Å². The minimum Gasteiger partial charge on any atom is -0.380 e. The van der Waals surface area contributed by atoms with Crippen molar-refractivity contribution in [3.05, 3.63) is 16.3 Å². The summed E-state index contributed by atoms with van der Waals surface area (Å²) in [5, 5.41) is 8.70. The highest BCUT2D eigenvalue weighted by molar-refractivity contribution is 6.30. The summed E-state index contributed by atoms with van der Waals surface area (Å²) in [5.41, 5.74) is 2.02. The molecule has 6 heteroatoms. The number of hydrogen-bond donors (Lipinski definition) is 0. The minimum atomic E-state index is 0.459. The number of anilines is 1. The topological polar surface area (TPSA) is 47.5 Å². The van der Waals surface area contributed by atoms with Crippen molar-refractivity contribution in [3.63, 3.8) is 0 Å². The Morgan fingerprint density at radius 3 is 2.00 bits per heavy atom. The fourth-order valence-corrected chi connectivity index (χ4v) is 2.01. The lowest BCUT2D eigenvalue weighted by molar-refractivity contribution is 0.141. The largest absolute Gasteiger partial charge is 0.380 e. The van der Waals surface area contributed by atoms with Crippen LogP contribution in [-0.4, -0.2) is 49.7 Å². The van der Waals surface area contributed by atoms with Crippen molar-refractivity contribution in [2.75, 3.05) is 44.4 Å². The van der Waals surface area contributed by atoms with E-state index in [0.717, 1.165) is 30.0 Å². The van der Waals surface area contributed by atoms with Gasteiger partial charge in [-0.05, 0) is 38.8 Å². The van der Waals surface area contributed by atoms with Crippen LogP contribution in [0.15, 0.2) is 0 Å². The zero-order valence-corrected chi connectivity index (χ0v) is 13.5. The van der Waals surface area contributed by atoms with E-state index in [1.807, 2.05) is 27.7 Å². The number of rotatable bonds is 9. The summed E-state index contributed by atoms with van der Waals surface area (Å²) in [5.74, 6) is 0.853. The van der Waals surface area contributed by atoms with Gasteiger partial charge in [0.2, 0.25) is 0 Å². The zero-order valence-electron chi connectivity index (χ0n) is 12.8. The van der Waals surface area contributed by atoms with Gasteiger partial charge in [0.15, 0.2) is 11.0 Å². The molecule has 0 radical (unpaired) electrons. The molecule has 0 aliphatic rings. The average Bonchev–Trinajstić information content (AvgIpc) is 2.44. The highest BCUT2D eigenvalue weighted by Gasteiger charge is 2.15. The Balaban J connectivity index is 2.82. The Labute approximate surface area is 126 Å². The van der Waals surface area contributed by atoms with Gasteiger partial charge >= 0.3 is 0 Å². The molecule has 0 bridgehead atoms. The van der Waals surface area contributed by atoms with Crippen molar-refractivity contribution in [2.24, 2.45) is 0 Å². The van der Waals surface area contributed by atoms with E-state index in [-0.39, 0.29) is 0 Å². The first-order valence-corrected chi connectivity index (χ1v) is 7.39. The lowest BCUT2D eigenvalue weighted by atomic mass is 10.2. The second-order valence-corrected chi connectivity index (χ2v) is 4.80. The van der Waals surface area contributed by atoms with Crippen molar-refractivity contribution in [2.45, 2.75) is 27.7 Å². The van der Waals surface area contributed by atoms with Gasteiger partial charge in [0.05, 0.1) is 13.2 Å². The van der Waals surface area contributed by atoms with Crippen molar-refractivity contribution < 1.29 is 9.47 Å². The molecule has 1 aromatic heterocycles. The SMILES string of the molecule is CCOCCN(CCOCC)c1nnc(Cl)c(C)c1C. The molecule has 1 rings (SSSR count). The maximum absolute atomic E-state index is 6.00. The molecule has 0 fully saturated rings. The summed E-state index contributed by atoms with van der Waals surface area (Å²) >= 11 is 6.00. The number of nitrogens with zero attached hydrogens (tertiary/aromatic N) is 3. The van der Waals surface area contributed by atoms with E-state index >= 15 is 0 Å². The van der Waals surface area contributed by atoms with Gasteiger partial charge in [-0.3, -0.25) is 0 Å². The minimum absolute atomic E-state index is 0.459. The van der Waals surface area contributed by atoms with Crippen LogP contribution in [-0.2, 0) is 9.47 Å². The second kappa shape index (κ2) is 9.10. The second-order valence-electron chi connectivity index (χ2n) is 4.45. The Kier molecular flexibility index (Phi) is 7.80. The molecule has 0 saturated carbocycles. The molecule has 0 aromatic carbocycles. The molecule has 1 heterocycles. The van der Waals surface area contributed by atoms with Crippen LogP contribution in [0.2, 0.25) is 5.15 Å². The average molecular weight is 302 g/mol. The standard InChI is InChI=1S/C14H24ClN3O2/c1-5-19-9-7-18(8-10-20-6-2)14-12(4)11(3)13(15)16-17-14/h5-10H2,1-4H3. The predicted molar refractivity (Wildman–Crippen MR) is 81.7 cm³/mol. The Hall–Kier alpha value is -0.910. The third-order valence-electron chi connectivity index (χ3n) is 3.16. The zero-order chi connectivity index (χ0) is 15.0. The summed E-state index contributed by atoms with van der Waals surface area (Å²) in [6, 6.07) is 0. The van der Waals surface area contributed by atoms with E-state index in [1.165, 1.54) is 0 Å². The summed E-state index contributed by atoms with van der Waals surface area (Å²) in [4.78, 5) is 2.14. The first-order chi connectivity index (χ1) is 9.61. The molecule has 0 N–H and O–H groups in total. The van der Waals surface area contributed by atoms with Gasteiger partial charge in [0.25, 0.3) is 0 Å². The molecule has 5 nitrogen and oxygen atoms in total. The van der Waals surface area contributed by atoms with Crippen LogP contribution in [0.1, 0.15) is 25.0 Å². The van der Waals surface area contributed by atoms with Gasteiger partial charge in [0.1, 0.15) is 0 Å². The van der Waals surface area contributed by atoms with Gasteiger partial charge in [-0.15, -0.1) is 10.2 Å². The van der Waals surface area contributed by atoms with Crippen LogP contribution in [0.25, 0.3) is 0 Å². The maximum atomic E-state index is 6.00. The van der Waals surface area contributed by atoms with E-state index < -0.39 is 0 Å². The molecular weight excluding hydrogens is 278 g/mol. The molecule has 1 aromatic rings. The van der Waals surface area contributed by atoms with Crippen LogP contribution in [0.5, 0.6) is 0 Å². The van der Waals surface area contributed by atoms with Crippen LogP contribution in [0, 0.1) is 13.8 Å². The highest BCUT2D eigenvalue weighted by atomic mass is 35.5. The first kappa shape index (κ1) is 17.1. The fraction of sp³-hybridized carbons (Fsp3) is 0.714. The first-order valence-electron chi connectivity index (χ1n) is 7.01. The quantitative estimate of drug-likeness (QED) is 0.656. The van der Waals surface area contributed by atoms with E-state index in [1.54, 1.807) is 0 Å². The molecule has 20 heavy (non-hydrogen) atoms. The third-order valence-corrected chi connectivity index (χ3v) is 3.52. The molecule has 114 valence electrons. The van der Waals surface area contributed by atoms with Crippen molar-refractivity contribution in [3.8, 4) is 0 Å². The molecule has 0 aliphatic heterocycles. The molecule has 0 saturated heterocycles. The van der Waals surface area contributed by atoms with E-state index in [2.05, 4.69) is 15.1 Å². The summed E-state index contributed by atoms with van der Waals surface area (Å²) in [7, 11) is 0. The predicted octanol–water partition coefficient (Wildman–Crippen LogP) is 2.63. The van der Waals surface area contributed by atoms with E-state index in [4.69, 9.17) is 21.1 Å². The number of halogens is 1. The lowest BCUT2D eigenvalue weighted by Crippen LogP contribution is -2.33. The van der Waals surface area contributed by atoms with Crippen molar-refractivity contribution in [1.29, 1.82) is 0 Å². The van der Waals surface area contributed by atoms with E-state index in [0.29, 0.717) is 31.6 Å². The number of aromatic nitrogens is 2. The number of ether oxygens (including phenoxy) is 2. The van der Waals surface area contributed by atoms with Crippen LogP contribution >= 0.6 is 11.6 Å². The smallest absolute Gasteiger partial charge is 0.155 e. The van der Waals surface area contributed by atoms with Gasteiger partial charge < -0.3 is 14.4 Å². The number of hydrogen-bond acceptors (Lipinski definition) is 5. The Morgan fingerprint density at radius 2 is 1.50 bits per heavy atom. The molecule has 0 amide bonds. The van der Waals surface area contributed by atoms with Crippen molar-refractivity contribution >= 4 is 17.4 Å². The summed E-state index contributed by atoms with van der Waals surface area (Å²) in [6.07, 6.45) is 0. The lowest BCUT2D eigenvalue weighted by Gasteiger charge is -2.25. The highest BCUT2D eigenvalue weighted by Crippen LogP contribution is 2.23. The fourth-order valence-electron chi connectivity index (χ4n) is 1.83. The molecule has 0 unspecified atom stereocenters. The van der Waals surface area contributed by atoms with Gasteiger partial charge in [-0.2, -0.15) is 0 Å². The monoisotopic (exact) mass is 301 g/mol. The van der Waals surface area contributed by atoms with Crippen LogP contribution < -0.4 is 4.90 Å². The third kappa shape index (κ3) is 4.89. The molecule has 0 spiro atoms. The molecule has 0 aliphatic carbocycles.